The zero-order valence-electron chi connectivity index (χ0n) is 10.6. The Labute approximate surface area is 99.4 Å². The van der Waals surface area contributed by atoms with Crippen molar-refractivity contribution in [1.29, 1.82) is 0 Å². The van der Waals surface area contributed by atoms with Crippen LogP contribution in [0.3, 0.4) is 0 Å². The van der Waals surface area contributed by atoms with Crippen LogP contribution < -0.4 is 0 Å². The van der Waals surface area contributed by atoms with Gasteiger partial charge >= 0.3 is 0 Å². The van der Waals surface area contributed by atoms with Crippen molar-refractivity contribution < 1.29 is 0 Å². The van der Waals surface area contributed by atoms with Crippen LogP contribution in [0.1, 0.15) is 47.5 Å². The molecular weight excluding hydrogens is 204 g/mol. The van der Waals surface area contributed by atoms with Crippen LogP contribution in [0, 0.1) is 17.3 Å². The van der Waals surface area contributed by atoms with Gasteiger partial charge in [0, 0.05) is 5.03 Å². The summed E-state index contributed by atoms with van der Waals surface area (Å²) in [6, 6.07) is 0. The van der Waals surface area contributed by atoms with Crippen LogP contribution in [-0.4, -0.2) is 0 Å². The summed E-state index contributed by atoms with van der Waals surface area (Å²) in [5, 5.41) is 1.08. The van der Waals surface area contributed by atoms with E-state index in [1.807, 2.05) is 0 Å². The van der Waals surface area contributed by atoms with Gasteiger partial charge in [-0.1, -0.05) is 58.4 Å². The average molecular weight is 227 g/mol. The molecule has 86 valence electrons. The Balaban J connectivity index is 3.05. The molecule has 0 saturated heterocycles. The molecule has 0 aromatic heterocycles. The lowest BCUT2D eigenvalue weighted by Crippen LogP contribution is -2.27. The highest BCUT2D eigenvalue weighted by Gasteiger charge is 2.31. The van der Waals surface area contributed by atoms with Crippen molar-refractivity contribution in [2.45, 2.75) is 47.5 Å². The molecule has 0 saturated carbocycles. The molecule has 1 rings (SSSR count). The van der Waals surface area contributed by atoms with Crippen molar-refractivity contribution in [2.75, 3.05) is 0 Å². The molecule has 0 heterocycles. The van der Waals surface area contributed by atoms with Gasteiger partial charge < -0.3 is 0 Å². The van der Waals surface area contributed by atoms with Crippen molar-refractivity contribution in [1.82, 2.24) is 0 Å². The smallest absolute Gasteiger partial charge is 0.0219 e. The lowest BCUT2D eigenvalue weighted by atomic mass is 9.69. The van der Waals surface area contributed by atoms with Crippen molar-refractivity contribution >= 4 is 11.6 Å². The zero-order chi connectivity index (χ0) is 11.6. The fourth-order valence-electron chi connectivity index (χ4n) is 2.75. The Morgan fingerprint density at radius 3 is 2.27 bits per heavy atom. The first-order chi connectivity index (χ1) is 6.84. The van der Waals surface area contributed by atoms with Crippen molar-refractivity contribution in [3.05, 3.63) is 22.8 Å². The average Bonchev–Trinajstić information content (AvgIpc) is 2.05. The Hall–Kier alpha value is -0.230. The van der Waals surface area contributed by atoms with E-state index in [0.29, 0.717) is 11.8 Å². The van der Waals surface area contributed by atoms with Crippen LogP contribution in [0.2, 0.25) is 0 Å². The summed E-state index contributed by atoms with van der Waals surface area (Å²) < 4.78 is 0. The van der Waals surface area contributed by atoms with Gasteiger partial charge in [0.25, 0.3) is 0 Å². The summed E-state index contributed by atoms with van der Waals surface area (Å²) >= 11 is 6.36. The van der Waals surface area contributed by atoms with Crippen LogP contribution in [0.25, 0.3) is 0 Å². The van der Waals surface area contributed by atoms with Crippen molar-refractivity contribution in [2.24, 2.45) is 17.3 Å². The minimum absolute atomic E-state index is 0.283. The van der Waals surface area contributed by atoms with Gasteiger partial charge in [-0.05, 0) is 35.7 Å². The number of halogens is 1. The number of hydrogen-bond acceptors (Lipinski definition) is 0. The van der Waals surface area contributed by atoms with Crippen LogP contribution in [0.4, 0.5) is 0 Å². The number of hydrogen-bond donors (Lipinski definition) is 0. The lowest BCUT2D eigenvalue weighted by Gasteiger charge is -2.36. The Bertz CT molecular complexity index is 276. The van der Waals surface area contributed by atoms with Gasteiger partial charge in [0.2, 0.25) is 0 Å². The molecule has 0 amide bonds. The van der Waals surface area contributed by atoms with Gasteiger partial charge in [-0.25, -0.2) is 0 Å². The molecule has 1 unspecified atom stereocenters. The highest BCUT2D eigenvalue weighted by Crippen LogP contribution is 2.42. The van der Waals surface area contributed by atoms with Gasteiger partial charge in [0.1, 0.15) is 0 Å². The van der Waals surface area contributed by atoms with Crippen molar-refractivity contribution in [3.63, 3.8) is 0 Å². The summed E-state index contributed by atoms with van der Waals surface area (Å²) in [4.78, 5) is 0. The second kappa shape index (κ2) is 4.74. The first kappa shape index (κ1) is 12.8. The maximum atomic E-state index is 6.36. The normalized spacial score (nSPS) is 19.9. The topological polar surface area (TPSA) is 0 Å². The van der Waals surface area contributed by atoms with E-state index >= 15 is 0 Å². The van der Waals surface area contributed by atoms with Gasteiger partial charge in [0.05, 0.1) is 0 Å². The molecule has 0 fully saturated rings. The molecule has 1 heteroatoms. The minimum atomic E-state index is 0.283. The second-order valence-corrected chi connectivity index (χ2v) is 6.35. The number of rotatable bonds is 2. The Morgan fingerprint density at radius 2 is 1.87 bits per heavy atom. The fraction of sp³-hybridized carbons (Fsp3) is 0.714. The predicted molar refractivity (Wildman–Crippen MR) is 69.0 cm³/mol. The third-order valence-electron chi connectivity index (χ3n) is 3.08. The maximum absolute atomic E-state index is 6.36. The van der Waals surface area contributed by atoms with Crippen LogP contribution in [-0.2, 0) is 0 Å². The molecule has 1 atom stereocenters. The maximum Gasteiger partial charge on any atom is 0.0219 e. The molecule has 0 aromatic carbocycles. The summed E-state index contributed by atoms with van der Waals surface area (Å²) in [5.74, 6) is 1.19. The van der Waals surface area contributed by atoms with E-state index < -0.39 is 0 Å². The summed E-state index contributed by atoms with van der Waals surface area (Å²) in [5.41, 5.74) is 1.65. The second-order valence-electron chi connectivity index (χ2n) is 5.89. The molecule has 1 aliphatic rings. The van der Waals surface area contributed by atoms with Crippen molar-refractivity contribution in [3.8, 4) is 0 Å². The first-order valence-electron chi connectivity index (χ1n) is 5.89. The predicted octanol–water partition coefficient (Wildman–Crippen LogP) is 5.15. The molecule has 0 radical (unpaired) electrons. The quantitative estimate of drug-likeness (QED) is 0.611. The standard InChI is InChI=1S/C14H23Cl/c1-10(2)13(14(3,4)5)11-8-6-7-9-12(11)15/h6,8,10,13H,7,9H2,1-5H3. The molecule has 0 aromatic rings. The highest BCUT2D eigenvalue weighted by atomic mass is 35.5. The highest BCUT2D eigenvalue weighted by molar-refractivity contribution is 6.30. The monoisotopic (exact) mass is 226 g/mol. The molecule has 15 heavy (non-hydrogen) atoms. The summed E-state index contributed by atoms with van der Waals surface area (Å²) in [6.45, 7) is 11.5. The van der Waals surface area contributed by atoms with Gasteiger partial charge in [0.15, 0.2) is 0 Å². The molecule has 0 aliphatic heterocycles. The molecule has 0 spiro atoms. The molecular formula is C14H23Cl. The number of allylic oxidation sites excluding steroid dienone is 4. The van der Waals surface area contributed by atoms with Crippen LogP contribution >= 0.6 is 11.6 Å². The zero-order valence-corrected chi connectivity index (χ0v) is 11.4. The largest absolute Gasteiger partial charge is 0.0888 e. The Morgan fingerprint density at radius 1 is 1.27 bits per heavy atom. The van der Waals surface area contributed by atoms with Crippen LogP contribution in [0.5, 0.6) is 0 Å². The van der Waals surface area contributed by atoms with Gasteiger partial charge in [-0.2, -0.15) is 0 Å². The van der Waals surface area contributed by atoms with E-state index in [1.165, 1.54) is 5.57 Å². The molecule has 0 nitrogen and oxygen atoms in total. The first-order valence-corrected chi connectivity index (χ1v) is 6.27. The summed E-state index contributed by atoms with van der Waals surface area (Å²) in [6.07, 6.45) is 6.61. The van der Waals surface area contributed by atoms with E-state index in [9.17, 15) is 0 Å². The lowest BCUT2D eigenvalue weighted by molar-refractivity contribution is 0.219. The van der Waals surface area contributed by atoms with E-state index in [0.717, 1.165) is 17.9 Å². The van der Waals surface area contributed by atoms with E-state index in [-0.39, 0.29) is 5.41 Å². The van der Waals surface area contributed by atoms with E-state index in [4.69, 9.17) is 11.6 Å². The molecule has 1 aliphatic carbocycles. The molecule has 0 N–H and O–H groups in total. The third kappa shape index (κ3) is 3.11. The van der Waals surface area contributed by atoms with E-state index in [1.54, 1.807) is 0 Å². The van der Waals surface area contributed by atoms with E-state index in [2.05, 4.69) is 46.8 Å². The fourth-order valence-corrected chi connectivity index (χ4v) is 3.04. The van der Waals surface area contributed by atoms with Gasteiger partial charge in [-0.15, -0.1) is 0 Å². The van der Waals surface area contributed by atoms with Crippen LogP contribution in [0.15, 0.2) is 22.8 Å². The summed E-state index contributed by atoms with van der Waals surface area (Å²) in [7, 11) is 0. The third-order valence-corrected chi connectivity index (χ3v) is 3.48. The Kier molecular flexibility index (Phi) is 4.06. The minimum Gasteiger partial charge on any atom is -0.0888 e. The van der Waals surface area contributed by atoms with Gasteiger partial charge in [-0.3, -0.25) is 0 Å². The molecule has 0 bridgehead atoms. The SMILES string of the molecule is CC(C)C(C1=C(Cl)CCC=C1)C(C)(C)C.